The summed E-state index contributed by atoms with van der Waals surface area (Å²) >= 11 is 0. The molecule has 1 atom stereocenters. The van der Waals surface area contributed by atoms with Crippen LogP contribution in [0.1, 0.15) is 60.4 Å². The van der Waals surface area contributed by atoms with E-state index in [0.717, 1.165) is 84.2 Å². The number of hydrogen-bond acceptors (Lipinski definition) is 4. The lowest BCUT2D eigenvalue weighted by Gasteiger charge is -2.34. The molecule has 8 heteroatoms. The Kier molecular flexibility index (Phi) is 6.36. The number of amides is 2. The highest BCUT2D eigenvalue weighted by Crippen LogP contribution is 2.40. The molecule has 0 saturated carbocycles. The topological polar surface area (TPSA) is 98.8 Å². The number of pyridine rings is 1. The van der Waals surface area contributed by atoms with Crippen molar-refractivity contribution < 1.29 is 19.4 Å². The van der Waals surface area contributed by atoms with Gasteiger partial charge >= 0.3 is 6.09 Å². The Bertz CT molecular complexity index is 1340. The molecule has 194 valence electrons. The smallest absolute Gasteiger partial charge is 0.407 e. The molecule has 0 aliphatic carbocycles. The maximum Gasteiger partial charge on any atom is 0.407 e. The minimum Gasteiger partial charge on any atom is -0.465 e. The summed E-state index contributed by atoms with van der Waals surface area (Å²) in [4.78, 5) is 36.7. The molecule has 3 aliphatic rings. The molecule has 2 aromatic heterocycles. The van der Waals surface area contributed by atoms with Crippen LogP contribution < -0.4 is 0 Å². The highest BCUT2D eigenvalue weighted by Gasteiger charge is 2.34. The van der Waals surface area contributed by atoms with Crippen LogP contribution in [-0.4, -0.2) is 63.2 Å². The number of H-pyrrole nitrogens is 1. The van der Waals surface area contributed by atoms with Gasteiger partial charge in [0.2, 0.25) is 5.91 Å². The van der Waals surface area contributed by atoms with Gasteiger partial charge in [-0.2, -0.15) is 0 Å². The molecule has 8 nitrogen and oxygen atoms in total. The number of nitrogens with zero attached hydrogens (tertiary/aromatic N) is 3. The van der Waals surface area contributed by atoms with Crippen LogP contribution in [0.4, 0.5) is 4.79 Å². The predicted octanol–water partition coefficient (Wildman–Crippen LogP) is 5.05. The number of ether oxygens (including phenoxy) is 1. The number of carbonyl (C=O) groups is 2. The molecule has 37 heavy (non-hydrogen) atoms. The molecule has 2 fully saturated rings. The van der Waals surface area contributed by atoms with Gasteiger partial charge in [0.25, 0.3) is 0 Å². The summed E-state index contributed by atoms with van der Waals surface area (Å²) in [6.45, 7) is 5.36. The number of aromatic nitrogens is 2. The van der Waals surface area contributed by atoms with E-state index in [1.165, 1.54) is 5.56 Å². The average Bonchev–Trinajstić information content (AvgIpc) is 3.55. The van der Waals surface area contributed by atoms with E-state index in [-0.39, 0.29) is 11.9 Å². The fourth-order valence-electron chi connectivity index (χ4n) is 6.35. The fourth-order valence-corrected chi connectivity index (χ4v) is 6.35. The zero-order chi connectivity index (χ0) is 25.5. The summed E-state index contributed by atoms with van der Waals surface area (Å²) in [6.07, 6.45) is 7.89. The van der Waals surface area contributed by atoms with Gasteiger partial charge in [-0.05, 0) is 91.0 Å². The van der Waals surface area contributed by atoms with Gasteiger partial charge in [-0.25, -0.2) is 9.78 Å². The van der Waals surface area contributed by atoms with E-state index >= 15 is 0 Å². The van der Waals surface area contributed by atoms with Gasteiger partial charge in [0.1, 0.15) is 5.65 Å². The number of hydrogen-bond donors (Lipinski definition) is 2. The van der Waals surface area contributed by atoms with Gasteiger partial charge in [0, 0.05) is 62.6 Å². The maximum absolute atomic E-state index is 13.3. The van der Waals surface area contributed by atoms with E-state index in [4.69, 9.17) is 4.74 Å². The van der Waals surface area contributed by atoms with Crippen molar-refractivity contribution in [2.75, 3.05) is 26.3 Å². The van der Waals surface area contributed by atoms with Crippen molar-refractivity contribution in [1.29, 1.82) is 0 Å². The Morgan fingerprint density at radius 1 is 1.14 bits per heavy atom. The van der Waals surface area contributed by atoms with E-state index in [9.17, 15) is 14.7 Å². The molecule has 2 amide bonds. The summed E-state index contributed by atoms with van der Waals surface area (Å²) in [5.74, 6) is 0.609. The SMILES string of the molecule is Cc1c[nH]c2ncc(-c3cc4c(c([C@@H]5CCCN5C(=O)O)c3)CCN(C(=O)CC3CCOCC3)C4)cc12. The van der Waals surface area contributed by atoms with Crippen LogP contribution in [0.15, 0.2) is 30.6 Å². The summed E-state index contributed by atoms with van der Waals surface area (Å²) in [5.41, 5.74) is 7.46. The predicted molar refractivity (Wildman–Crippen MR) is 140 cm³/mol. The molecular formula is C29H34N4O4. The number of carbonyl (C=O) groups excluding carboxylic acids is 1. The Morgan fingerprint density at radius 3 is 2.78 bits per heavy atom. The minimum atomic E-state index is -0.864. The Labute approximate surface area is 216 Å². The van der Waals surface area contributed by atoms with Gasteiger partial charge in [-0.1, -0.05) is 0 Å². The molecule has 3 aromatic rings. The number of aryl methyl sites for hydroxylation is 1. The Morgan fingerprint density at radius 2 is 1.97 bits per heavy atom. The first kappa shape index (κ1) is 24.0. The lowest BCUT2D eigenvalue weighted by Crippen LogP contribution is -2.38. The molecule has 3 aliphatic heterocycles. The molecule has 0 bridgehead atoms. The number of benzene rings is 1. The van der Waals surface area contributed by atoms with Crippen LogP contribution in [0.3, 0.4) is 0 Å². The van der Waals surface area contributed by atoms with E-state index in [2.05, 4.69) is 35.1 Å². The maximum atomic E-state index is 13.3. The summed E-state index contributed by atoms with van der Waals surface area (Å²) < 4.78 is 5.47. The van der Waals surface area contributed by atoms with Gasteiger partial charge in [0.05, 0.1) is 6.04 Å². The van der Waals surface area contributed by atoms with Crippen molar-refractivity contribution in [3.8, 4) is 11.1 Å². The quantitative estimate of drug-likeness (QED) is 0.520. The third kappa shape index (κ3) is 4.59. The second kappa shape index (κ2) is 9.82. The highest BCUT2D eigenvalue weighted by atomic mass is 16.5. The van der Waals surface area contributed by atoms with Crippen molar-refractivity contribution in [2.45, 2.75) is 58.0 Å². The molecular weight excluding hydrogens is 468 g/mol. The van der Waals surface area contributed by atoms with Gasteiger partial charge in [0.15, 0.2) is 0 Å². The number of likely N-dealkylation sites (tertiary alicyclic amines) is 1. The summed E-state index contributed by atoms with van der Waals surface area (Å²) in [6, 6.07) is 6.37. The van der Waals surface area contributed by atoms with Crippen molar-refractivity contribution in [3.63, 3.8) is 0 Å². The standard InChI is InChI=1S/C29H34N4O4/c1-18-15-30-28-24(18)14-21(16-31-28)20-12-22-17-32(27(34)11-19-5-9-37-10-6-19)8-4-23(22)25(13-20)26-3-2-7-33(26)29(35)36/h12-16,19,26H,2-11,17H2,1H3,(H,30,31)(H,35,36)/t26-/m0/s1. The first-order valence-electron chi connectivity index (χ1n) is 13.4. The first-order chi connectivity index (χ1) is 18.0. The molecule has 6 rings (SSSR count). The van der Waals surface area contributed by atoms with Crippen LogP contribution in [0, 0.1) is 12.8 Å². The number of rotatable bonds is 4. The Balaban J connectivity index is 1.37. The lowest BCUT2D eigenvalue weighted by atomic mass is 9.86. The molecule has 1 aromatic carbocycles. The summed E-state index contributed by atoms with van der Waals surface area (Å²) in [5, 5.41) is 11.0. The van der Waals surface area contributed by atoms with Crippen molar-refractivity contribution in [1.82, 2.24) is 19.8 Å². The van der Waals surface area contributed by atoms with Crippen molar-refractivity contribution in [2.24, 2.45) is 5.92 Å². The van der Waals surface area contributed by atoms with Crippen LogP contribution in [0.2, 0.25) is 0 Å². The molecule has 2 saturated heterocycles. The van der Waals surface area contributed by atoms with E-state index in [0.29, 0.717) is 32.0 Å². The second-order valence-corrected chi connectivity index (χ2v) is 10.8. The lowest BCUT2D eigenvalue weighted by molar-refractivity contribution is -0.133. The van der Waals surface area contributed by atoms with Gasteiger partial charge in [-0.3, -0.25) is 4.79 Å². The van der Waals surface area contributed by atoms with Crippen LogP contribution in [0.5, 0.6) is 0 Å². The number of aromatic amines is 1. The zero-order valence-corrected chi connectivity index (χ0v) is 21.3. The highest BCUT2D eigenvalue weighted by molar-refractivity contribution is 5.85. The van der Waals surface area contributed by atoms with Crippen LogP contribution in [-0.2, 0) is 22.5 Å². The first-order valence-corrected chi connectivity index (χ1v) is 13.4. The molecule has 0 unspecified atom stereocenters. The molecule has 0 radical (unpaired) electrons. The molecule has 0 spiro atoms. The third-order valence-corrected chi connectivity index (χ3v) is 8.46. The normalized spacial score (nSPS) is 20.4. The van der Waals surface area contributed by atoms with E-state index < -0.39 is 6.09 Å². The van der Waals surface area contributed by atoms with Gasteiger partial charge in [-0.15, -0.1) is 0 Å². The summed E-state index contributed by atoms with van der Waals surface area (Å²) in [7, 11) is 0. The average molecular weight is 503 g/mol. The largest absolute Gasteiger partial charge is 0.465 e. The number of fused-ring (bicyclic) bond motifs is 2. The van der Waals surface area contributed by atoms with E-state index in [1.807, 2.05) is 17.3 Å². The van der Waals surface area contributed by atoms with E-state index in [1.54, 1.807) is 4.90 Å². The molecule has 5 heterocycles. The second-order valence-electron chi connectivity index (χ2n) is 10.8. The third-order valence-electron chi connectivity index (χ3n) is 8.46. The minimum absolute atomic E-state index is 0.152. The zero-order valence-electron chi connectivity index (χ0n) is 21.3. The Hall–Kier alpha value is -3.39. The van der Waals surface area contributed by atoms with Gasteiger partial charge < -0.3 is 24.6 Å². The monoisotopic (exact) mass is 502 g/mol. The van der Waals surface area contributed by atoms with Crippen LogP contribution >= 0.6 is 0 Å². The fraction of sp³-hybridized carbons (Fsp3) is 0.483. The van der Waals surface area contributed by atoms with Crippen LogP contribution in [0.25, 0.3) is 22.2 Å². The number of carboxylic acid groups (broad SMARTS) is 1. The van der Waals surface area contributed by atoms with Crippen molar-refractivity contribution in [3.05, 3.63) is 52.8 Å². The molecule has 2 N–H and O–H groups in total. The van der Waals surface area contributed by atoms with Crippen molar-refractivity contribution >= 4 is 23.0 Å². The number of nitrogens with one attached hydrogen (secondary N) is 1.